The number of rotatable bonds is 7. The molecule has 0 saturated carbocycles. The Morgan fingerprint density at radius 1 is 0.886 bits per heavy atom. The second-order valence-electron chi connectivity index (χ2n) is 10.8. The minimum atomic E-state index is -2.16. The second kappa shape index (κ2) is 9.15. The smallest absolute Gasteiger partial charge is 0.261 e. The van der Waals surface area contributed by atoms with E-state index in [0.717, 1.165) is 40.9 Å². The van der Waals surface area contributed by atoms with Crippen molar-refractivity contribution in [3.05, 3.63) is 59.7 Å². The summed E-state index contributed by atoms with van der Waals surface area (Å²) >= 11 is 0. The summed E-state index contributed by atoms with van der Waals surface area (Å²) in [6.45, 7) is 13.5. The van der Waals surface area contributed by atoms with Gasteiger partial charge < -0.3 is 9.16 Å². The Hall–Kier alpha value is -3.12. The monoisotopic (exact) mass is 489 g/mol. The van der Waals surface area contributed by atoms with Crippen molar-refractivity contribution in [3.63, 3.8) is 0 Å². The van der Waals surface area contributed by atoms with Crippen molar-refractivity contribution >= 4 is 30.9 Å². The number of benzene rings is 3. The van der Waals surface area contributed by atoms with Crippen LogP contribution in [0.2, 0.25) is 18.1 Å². The van der Waals surface area contributed by atoms with E-state index in [-0.39, 0.29) is 16.9 Å². The minimum absolute atomic E-state index is 0.00801. The number of amides is 2. The highest BCUT2D eigenvalue weighted by Crippen LogP contribution is 2.43. The number of hydrogen-bond acceptors (Lipinski definition) is 4. The molecule has 0 atom stereocenters. The first-order valence-electron chi connectivity index (χ1n) is 12.3. The Morgan fingerprint density at radius 2 is 1.54 bits per heavy atom. The first kappa shape index (κ1) is 25.0. The van der Waals surface area contributed by atoms with Crippen LogP contribution in [-0.4, -0.2) is 38.7 Å². The maximum atomic E-state index is 13.6. The number of unbranched alkanes of at least 4 members (excludes halogenated alkanes) is 1. The lowest BCUT2D eigenvalue weighted by Crippen LogP contribution is -2.44. The Kier molecular flexibility index (Phi) is 6.53. The lowest BCUT2D eigenvalue weighted by atomic mass is 9.89. The van der Waals surface area contributed by atoms with Gasteiger partial charge >= 0.3 is 0 Å². The van der Waals surface area contributed by atoms with Crippen molar-refractivity contribution in [1.29, 1.82) is 0 Å². The lowest BCUT2D eigenvalue weighted by Gasteiger charge is -2.37. The zero-order valence-electron chi connectivity index (χ0n) is 21.8. The fourth-order valence-electron chi connectivity index (χ4n) is 4.18. The lowest BCUT2D eigenvalue weighted by molar-refractivity contribution is 0.0608. The van der Waals surface area contributed by atoms with Crippen molar-refractivity contribution in [2.75, 3.05) is 13.7 Å². The number of carbonyl (C=O) groups is 2. The topological polar surface area (TPSA) is 55.8 Å². The van der Waals surface area contributed by atoms with Crippen LogP contribution in [0.3, 0.4) is 0 Å². The van der Waals surface area contributed by atoms with E-state index in [9.17, 15) is 9.59 Å². The molecule has 3 aromatic rings. The molecular weight excluding hydrogens is 454 g/mol. The van der Waals surface area contributed by atoms with E-state index in [2.05, 4.69) is 46.9 Å². The third-order valence-corrected chi connectivity index (χ3v) is 11.7. The molecule has 0 unspecified atom stereocenters. The molecule has 5 nitrogen and oxygen atoms in total. The molecule has 4 rings (SSSR count). The van der Waals surface area contributed by atoms with Gasteiger partial charge in [-0.2, -0.15) is 0 Å². The average Bonchev–Trinajstić information content (AvgIpc) is 2.82. The first-order valence-corrected chi connectivity index (χ1v) is 15.2. The van der Waals surface area contributed by atoms with Gasteiger partial charge in [-0.3, -0.25) is 14.5 Å². The van der Waals surface area contributed by atoms with Crippen LogP contribution in [0.5, 0.6) is 11.5 Å². The van der Waals surface area contributed by atoms with Crippen molar-refractivity contribution in [1.82, 2.24) is 4.90 Å². The second-order valence-corrected chi connectivity index (χ2v) is 15.5. The molecule has 0 spiro atoms. The molecule has 2 amide bonds. The van der Waals surface area contributed by atoms with Crippen molar-refractivity contribution in [2.45, 2.75) is 58.7 Å². The highest BCUT2D eigenvalue weighted by molar-refractivity contribution is 6.74. The largest absolute Gasteiger partial charge is 0.543 e. The molecule has 3 aromatic carbocycles. The molecule has 0 bridgehead atoms. The summed E-state index contributed by atoms with van der Waals surface area (Å²) in [5.74, 6) is 1.04. The molecule has 1 aliphatic rings. The van der Waals surface area contributed by atoms with E-state index in [4.69, 9.17) is 9.16 Å². The minimum Gasteiger partial charge on any atom is -0.543 e. The van der Waals surface area contributed by atoms with Gasteiger partial charge in [0, 0.05) is 28.4 Å². The van der Waals surface area contributed by atoms with Crippen molar-refractivity contribution in [2.24, 2.45) is 0 Å². The molecule has 0 radical (unpaired) electrons. The molecule has 0 aromatic heterocycles. The van der Waals surface area contributed by atoms with Gasteiger partial charge in [0.2, 0.25) is 0 Å². The van der Waals surface area contributed by atoms with Crippen LogP contribution >= 0.6 is 0 Å². The molecule has 0 saturated heterocycles. The Morgan fingerprint density at radius 3 is 2.14 bits per heavy atom. The highest BCUT2D eigenvalue weighted by Gasteiger charge is 2.40. The van der Waals surface area contributed by atoms with Gasteiger partial charge in [0.15, 0.2) is 0 Å². The Balaban J connectivity index is 1.96. The van der Waals surface area contributed by atoms with Gasteiger partial charge in [0.1, 0.15) is 11.5 Å². The third kappa shape index (κ3) is 4.47. The van der Waals surface area contributed by atoms with Gasteiger partial charge in [-0.05, 0) is 72.1 Å². The zero-order valence-corrected chi connectivity index (χ0v) is 22.8. The number of imide groups is 1. The summed E-state index contributed by atoms with van der Waals surface area (Å²) in [5.41, 5.74) is 3.00. The summed E-state index contributed by atoms with van der Waals surface area (Å²) in [4.78, 5) is 28.4. The third-order valence-electron chi connectivity index (χ3n) is 7.36. The van der Waals surface area contributed by atoms with E-state index in [1.54, 1.807) is 7.11 Å². The molecule has 6 heteroatoms. The maximum absolute atomic E-state index is 13.6. The standard InChI is InChI=1S/C29H35NO4Si/c1-8-9-16-30-27(31)22-14-15-25(34-35(6,7)29(2,3)4)23-17-20(18-24(26(22)23)28(30)32)19-10-12-21(33-5)13-11-19/h10-15,17-18H,8-9,16H2,1-7H3. The zero-order chi connectivity index (χ0) is 25.5. The van der Waals surface area contributed by atoms with Crippen LogP contribution < -0.4 is 9.16 Å². The van der Waals surface area contributed by atoms with Gasteiger partial charge in [0.05, 0.1) is 7.11 Å². The number of nitrogens with zero attached hydrogens (tertiary/aromatic N) is 1. The summed E-state index contributed by atoms with van der Waals surface area (Å²) < 4.78 is 12.0. The number of ether oxygens (including phenoxy) is 1. The van der Waals surface area contributed by atoms with Crippen LogP contribution in [0, 0.1) is 0 Å². The summed E-state index contributed by atoms with van der Waals surface area (Å²) in [7, 11) is -0.520. The van der Waals surface area contributed by atoms with Crippen LogP contribution in [0.1, 0.15) is 61.3 Å². The SMILES string of the molecule is CCCCN1C(=O)c2ccc(O[Si](C)(C)C(C)(C)C)c3cc(-c4ccc(OC)cc4)cc(c23)C1=O. The normalized spacial score (nSPS) is 14.0. The molecule has 0 aliphatic carbocycles. The molecular formula is C29H35NO4Si. The first-order chi connectivity index (χ1) is 16.5. The van der Waals surface area contributed by atoms with E-state index < -0.39 is 8.32 Å². The maximum Gasteiger partial charge on any atom is 0.261 e. The molecule has 1 aliphatic heterocycles. The summed E-state index contributed by atoms with van der Waals surface area (Å²) in [6, 6.07) is 15.5. The number of methoxy groups -OCH3 is 1. The quantitative estimate of drug-likeness (QED) is 0.258. The van der Waals surface area contributed by atoms with Gasteiger partial charge in [-0.25, -0.2) is 0 Å². The van der Waals surface area contributed by atoms with Gasteiger partial charge in [0.25, 0.3) is 20.1 Å². The molecule has 0 fully saturated rings. The van der Waals surface area contributed by atoms with Gasteiger partial charge in [-0.15, -0.1) is 0 Å². The molecule has 35 heavy (non-hydrogen) atoms. The van der Waals surface area contributed by atoms with E-state index in [0.29, 0.717) is 23.1 Å². The van der Waals surface area contributed by atoms with Crippen molar-refractivity contribution in [3.8, 4) is 22.6 Å². The fourth-order valence-corrected chi connectivity index (χ4v) is 5.21. The molecule has 1 heterocycles. The highest BCUT2D eigenvalue weighted by atomic mass is 28.4. The van der Waals surface area contributed by atoms with Crippen LogP contribution in [0.4, 0.5) is 0 Å². The predicted molar refractivity (Wildman–Crippen MR) is 144 cm³/mol. The van der Waals surface area contributed by atoms with Crippen molar-refractivity contribution < 1.29 is 18.8 Å². The Bertz CT molecular complexity index is 1290. The van der Waals surface area contributed by atoms with E-state index >= 15 is 0 Å². The summed E-state index contributed by atoms with van der Waals surface area (Å²) in [5, 5.41) is 1.52. The number of hydrogen-bond donors (Lipinski definition) is 0. The Labute approximate surface area is 209 Å². The van der Waals surface area contributed by atoms with Crippen LogP contribution in [-0.2, 0) is 0 Å². The van der Waals surface area contributed by atoms with E-state index in [1.165, 1.54) is 4.90 Å². The van der Waals surface area contributed by atoms with Crippen LogP contribution in [0.15, 0.2) is 48.5 Å². The van der Waals surface area contributed by atoms with Crippen LogP contribution in [0.25, 0.3) is 21.9 Å². The van der Waals surface area contributed by atoms with Gasteiger partial charge in [-0.1, -0.05) is 46.2 Å². The molecule has 184 valence electrons. The summed E-state index contributed by atoms with van der Waals surface area (Å²) in [6.07, 6.45) is 1.69. The van der Waals surface area contributed by atoms with E-state index in [1.807, 2.05) is 42.5 Å². The average molecular weight is 490 g/mol. The fraction of sp³-hybridized carbons (Fsp3) is 0.379. The number of carbonyl (C=O) groups excluding carboxylic acids is 2. The predicted octanol–water partition coefficient (Wildman–Crippen LogP) is 7.30. The molecule has 0 N–H and O–H groups in total.